The third kappa shape index (κ3) is 1.69. The van der Waals surface area contributed by atoms with Crippen LogP contribution in [0.3, 0.4) is 0 Å². The molecule has 3 heterocycles. The Bertz CT molecular complexity index is 377. The van der Waals surface area contributed by atoms with Crippen molar-refractivity contribution in [1.29, 1.82) is 0 Å². The predicted octanol–water partition coefficient (Wildman–Crippen LogP) is 1.92. The van der Waals surface area contributed by atoms with E-state index in [1.54, 1.807) is 0 Å². The van der Waals surface area contributed by atoms with Crippen LogP contribution in [0.2, 0.25) is 0 Å². The lowest BCUT2D eigenvalue weighted by Crippen LogP contribution is -2.30. The van der Waals surface area contributed by atoms with E-state index in [-0.39, 0.29) is 0 Å². The zero-order valence-corrected chi connectivity index (χ0v) is 9.64. The average Bonchev–Trinajstić information content (AvgIpc) is 2.91. The van der Waals surface area contributed by atoms with Gasteiger partial charge in [-0.3, -0.25) is 0 Å². The maximum atomic E-state index is 5.76. The monoisotopic (exact) mass is 223 g/mol. The quantitative estimate of drug-likeness (QED) is 0.848. The molecule has 0 aliphatic carbocycles. The van der Waals surface area contributed by atoms with E-state index in [0.29, 0.717) is 30.2 Å². The molecular weight excluding hydrogens is 206 g/mol. The van der Waals surface area contributed by atoms with Gasteiger partial charge in [0.25, 0.3) is 0 Å². The summed E-state index contributed by atoms with van der Waals surface area (Å²) in [6.45, 7) is 4.10. The zero-order valence-electron chi connectivity index (χ0n) is 9.64. The molecule has 3 atom stereocenters. The normalized spacial score (nSPS) is 32.6. The SMILES string of the molecule is CC(C)c1noc(N[C@H]2C[C@@H]3CC[C@@H]2O3)n1. The van der Waals surface area contributed by atoms with Crippen molar-refractivity contribution in [3.63, 3.8) is 0 Å². The molecule has 2 aliphatic heterocycles. The molecule has 0 spiro atoms. The highest BCUT2D eigenvalue weighted by Crippen LogP contribution is 2.35. The molecule has 0 saturated carbocycles. The Labute approximate surface area is 94.6 Å². The van der Waals surface area contributed by atoms with Crippen LogP contribution in [-0.2, 0) is 4.74 Å². The van der Waals surface area contributed by atoms with Gasteiger partial charge in [-0.2, -0.15) is 4.98 Å². The van der Waals surface area contributed by atoms with E-state index in [4.69, 9.17) is 9.26 Å². The largest absolute Gasteiger partial charge is 0.373 e. The Morgan fingerprint density at radius 2 is 2.25 bits per heavy atom. The minimum atomic E-state index is 0.301. The van der Waals surface area contributed by atoms with E-state index in [1.165, 1.54) is 6.42 Å². The van der Waals surface area contributed by atoms with Crippen molar-refractivity contribution in [3.05, 3.63) is 5.82 Å². The Kier molecular flexibility index (Phi) is 2.35. The van der Waals surface area contributed by atoms with Crippen molar-refractivity contribution < 1.29 is 9.26 Å². The lowest BCUT2D eigenvalue weighted by Gasteiger charge is -2.18. The van der Waals surface area contributed by atoms with Crippen LogP contribution in [-0.4, -0.2) is 28.4 Å². The van der Waals surface area contributed by atoms with Crippen LogP contribution in [0.5, 0.6) is 0 Å². The number of aromatic nitrogens is 2. The molecule has 5 nitrogen and oxygen atoms in total. The third-order valence-corrected chi connectivity index (χ3v) is 3.37. The van der Waals surface area contributed by atoms with E-state index < -0.39 is 0 Å². The lowest BCUT2D eigenvalue weighted by molar-refractivity contribution is 0.102. The van der Waals surface area contributed by atoms with E-state index in [1.807, 2.05) is 0 Å². The number of hydrogen-bond acceptors (Lipinski definition) is 5. The van der Waals surface area contributed by atoms with Crippen molar-refractivity contribution in [1.82, 2.24) is 10.1 Å². The summed E-state index contributed by atoms with van der Waals surface area (Å²) in [6, 6.07) is 0.879. The Hall–Kier alpha value is -1.10. The molecule has 2 aliphatic rings. The minimum absolute atomic E-state index is 0.301. The summed E-state index contributed by atoms with van der Waals surface area (Å²) < 4.78 is 10.9. The molecule has 5 heteroatoms. The summed E-state index contributed by atoms with van der Waals surface area (Å²) in [7, 11) is 0. The molecule has 16 heavy (non-hydrogen) atoms. The second kappa shape index (κ2) is 3.73. The fraction of sp³-hybridized carbons (Fsp3) is 0.818. The second-order valence-corrected chi connectivity index (χ2v) is 4.97. The number of rotatable bonds is 3. The van der Waals surface area contributed by atoms with Crippen LogP contribution in [0.4, 0.5) is 6.01 Å². The summed E-state index contributed by atoms with van der Waals surface area (Å²) in [5.41, 5.74) is 0. The van der Waals surface area contributed by atoms with Gasteiger partial charge in [0.15, 0.2) is 5.82 Å². The topological polar surface area (TPSA) is 60.2 Å². The molecule has 1 N–H and O–H groups in total. The van der Waals surface area contributed by atoms with E-state index >= 15 is 0 Å². The van der Waals surface area contributed by atoms with Gasteiger partial charge in [0, 0.05) is 5.92 Å². The van der Waals surface area contributed by atoms with Crippen LogP contribution in [0.25, 0.3) is 0 Å². The smallest absolute Gasteiger partial charge is 0.321 e. The summed E-state index contributed by atoms with van der Waals surface area (Å²) in [6.07, 6.45) is 4.18. The maximum Gasteiger partial charge on any atom is 0.321 e. The molecule has 0 radical (unpaired) electrons. The fourth-order valence-corrected chi connectivity index (χ4v) is 2.48. The fourth-order valence-electron chi connectivity index (χ4n) is 2.48. The second-order valence-electron chi connectivity index (χ2n) is 4.97. The van der Waals surface area contributed by atoms with Crippen molar-refractivity contribution in [2.45, 2.75) is 57.3 Å². The van der Waals surface area contributed by atoms with Crippen LogP contribution >= 0.6 is 0 Å². The van der Waals surface area contributed by atoms with Crippen molar-refractivity contribution in [2.75, 3.05) is 5.32 Å². The Balaban J connectivity index is 1.65. The van der Waals surface area contributed by atoms with Gasteiger partial charge in [0.05, 0.1) is 18.2 Å². The first-order valence-electron chi connectivity index (χ1n) is 5.98. The van der Waals surface area contributed by atoms with Crippen molar-refractivity contribution >= 4 is 6.01 Å². The molecule has 3 rings (SSSR count). The number of nitrogens with zero attached hydrogens (tertiary/aromatic N) is 2. The zero-order chi connectivity index (χ0) is 11.1. The van der Waals surface area contributed by atoms with Gasteiger partial charge in [-0.05, 0) is 19.3 Å². The molecule has 2 fully saturated rings. The summed E-state index contributed by atoms with van der Waals surface area (Å²) in [5, 5.41) is 7.21. The molecule has 1 aromatic rings. The Morgan fingerprint density at radius 3 is 2.81 bits per heavy atom. The van der Waals surface area contributed by atoms with E-state index in [9.17, 15) is 0 Å². The van der Waals surface area contributed by atoms with Crippen LogP contribution < -0.4 is 5.32 Å². The first-order valence-corrected chi connectivity index (χ1v) is 5.98. The highest BCUT2D eigenvalue weighted by atomic mass is 16.5. The van der Waals surface area contributed by atoms with Gasteiger partial charge in [0.1, 0.15) is 0 Å². The first-order chi connectivity index (χ1) is 7.72. The third-order valence-electron chi connectivity index (χ3n) is 3.37. The highest BCUT2D eigenvalue weighted by molar-refractivity contribution is 5.23. The molecule has 0 amide bonds. The van der Waals surface area contributed by atoms with Gasteiger partial charge in [-0.15, -0.1) is 0 Å². The maximum absolute atomic E-state index is 5.76. The molecular formula is C11H17N3O2. The highest BCUT2D eigenvalue weighted by Gasteiger charge is 2.41. The number of nitrogens with one attached hydrogen (secondary N) is 1. The lowest BCUT2D eigenvalue weighted by atomic mass is 9.96. The molecule has 0 unspecified atom stereocenters. The molecule has 0 aromatic carbocycles. The average molecular weight is 223 g/mol. The van der Waals surface area contributed by atoms with Crippen molar-refractivity contribution in [3.8, 4) is 0 Å². The molecule has 2 bridgehead atoms. The molecule has 2 saturated heterocycles. The number of ether oxygens (including phenoxy) is 1. The van der Waals surface area contributed by atoms with Crippen molar-refractivity contribution in [2.24, 2.45) is 0 Å². The van der Waals surface area contributed by atoms with Crippen LogP contribution in [0.1, 0.15) is 44.9 Å². The standard InChI is InChI=1S/C11H17N3O2/c1-6(2)10-13-11(16-14-10)12-8-5-7-3-4-9(8)15-7/h6-9H,3-5H2,1-2H3,(H,12,13,14)/t7-,8-,9-/m0/s1. The van der Waals surface area contributed by atoms with Crippen LogP contribution in [0, 0.1) is 0 Å². The summed E-state index contributed by atoms with van der Waals surface area (Å²) >= 11 is 0. The van der Waals surface area contributed by atoms with Gasteiger partial charge in [-0.25, -0.2) is 0 Å². The van der Waals surface area contributed by atoms with Gasteiger partial charge in [-0.1, -0.05) is 19.0 Å². The van der Waals surface area contributed by atoms with E-state index in [0.717, 1.165) is 18.7 Å². The van der Waals surface area contributed by atoms with Gasteiger partial charge < -0.3 is 14.6 Å². The molecule has 1 aromatic heterocycles. The Morgan fingerprint density at radius 1 is 1.38 bits per heavy atom. The number of anilines is 1. The van der Waals surface area contributed by atoms with Gasteiger partial charge in [0.2, 0.25) is 0 Å². The molecule has 88 valence electrons. The minimum Gasteiger partial charge on any atom is -0.373 e. The summed E-state index contributed by atoms with van der Waals surface area (Å²) in [5.74, 6) is 1.06. The number of fused-ring (bicyclic) bond motifs is 2. The van der Waals surface area contributed by atoms with Gasteiger partial charge >= 0.3 is 6.01 Å². The van der Waals surface area contributed by atoms with Crippen LogP contribution in [0.15, 0.2) is 4.52 Å². The first kappa shape index (κ1) is 10.1. The number of hydrogen-bond donors (Lipinski definition) is 1. The summed E-state index contributed by atoms with van der Waals surface area (Å²) in [4.78, 5) is 4.31. The van der Waals surface area contributed by atoms with E-state index in [2.05, 4.69) is 29.3 Å². The predicted molar refractivity (Wildman–Crippen MR) is 58.3 cm³/mol.